The third-order valence-electron chi connectivity index (χ3n) is 16.1. The number of fused-ring (bicyclic) bond motifs is 6. The number of rotatable bonds is 11. The Balaban J connectivity index is 1.38. The fraction of sp³-hybridized carbons (Fsp3) is 0.620. The zero-order valence-corrected chi connectivity index (χ0v) is 38.7. The zero-order valence-electron chi connectivity index (χ0n) is 38.7. The molecule has 0 radical (unpaired) electrons. The molecule has 9 rings (SSSR count). The second-order valence-electron chi connectivity index (χ2n) is 20.0. The smallest absolute Gasteiger partial charge is 0.344 e. The van der Waals surface area contributed by atoms with Gasteiger partial charge in [0.25, 0.3) is 0 Å². The number of ether oxygens (including phenoxy) is 5. The van der Waals surface area contributed by atoms with Gasteiger partial charge in [-0.15, -0.1) is 0 Å². The Hall–Kier alpha value is -4.47. The van der Waals surface area contributed by atoms with Gasteiger partial charge >= 0.3 is 17.9 Å². The largest absolute Gasteiger partial charge is 0.496 e. The SMILES string of the molecule is CCC1(O)CC2CN(CCc3c([nH]c4ccccc34)C(C(=O)OC)(c3cc4c(cc3OC)N(COCC(C)C)C3C(O)(C(=O)OC)C(OC(C)=O)C5(CC)C=CCN6CCC43C65)C2)C1. The van der Waals surface area contributed by atoms with Crippen molar-refractivity contribution in [1.29, 1.82) is 0 Å². The summed E-state index contributed by atoms with van der Waals surface area (Å²) in [5, 5.41) is 26.8. The predicted octanol–water partition coefficient (Wildman–Crippen LogP) is 4.99. The first-order valence-corrected chi connectivity index (χ1v) is 23.2. The van der Waals surface area contributed by atoms with Crippen LogP contribution in [0.1, 0.15) is 89.1 Å². The van der Waals surface area contributed by atoms with Crippen LogP contribution in [0.3, 0.4) is 0 Å². The van der Waals surface area contributed by atoms with Crippen molar-refractivity contribution in [3.63, 3.8) is 0 Å². The topological polar surface area (TPSA) is 163 Å². The molecule has 10 unspecified atom stereocenters. The van der Waals surface area contributed by atoms with Crippen LogP contribution in [0.5, 0.6) is 5.75 Å². The number of H-pyrrole nitrogens is 1. The second-order valence-corrected chi connectivity index (χ2v) is 20.0. The number of nitrogens with one attached hydrogen (secondary N) is 1. The molecule has 2 bridgehead atoms. The minimum atomic E-state index is -2.39. The summed E-state index contributed by atoms with van der Waals surface area (Å²) in [6, 6.07) is 10.8. The standard InChI is InChI=1S/C50H66N4O10/c1-9-46(58)24-32-25-49(44(56)61-7,40-34(16-20-52(26-32)28-46)33-14-11-12-15-37(33)51-40)36-22-35-38(23-39(36)60-6)54(29-63-27-30(3)4)42-48(35)18-21-53-19-13-17-47(10-2,41(48)53)43(64-31(5)55)50(42,59)45(57)62-8/h11-15,17,22-23,30,32,41-43,51,58-59H,9-10,16,18-21,24-29H2,1-8H3. The van der Waals surface area contributed by atoms with E-state index < -0.39 is 57.5 Å². The molecule has 6 heterocycles. The number of aliphatic hydroxyl groups is 2. The van der Waals surface area contributed by atoms with E-state index >= 15 is 4.79 Å². The molecule has 5 aliphatic heterocycles. The number of anilines is 1. The van der Waals surface area contributed by atoms with Crippen LogP contribution >= 0.6 is 0 Å². The van der Waals surface area contributed by atoms with Gasteiger partial charge in [0.2, 0.25) is 5.60 Å². The average molecular weight is 883 g/mol. The van der Waals surface area contributed by atoms with E-state index in [2.05, 4.69) is 52.9 Å². The maximum Gasteiger partial charge on any atom is 0.344 e. The fourth-order valence-corrected chi connectivity index (χ4v) is 13.9. The van der Waals surface area contributed by atoms with Crippen LogP contribution in [-0.2, 0) is 50.6 Å². The molecule has 0 amide bonds. The van der Waals surface area contributed by atoms with Gasteiger partial charge in [-0.05, 0) is 80.2 Å². The Labute approximate surface area is 376 Å². The van der Waals surface area contributed by atoms with Crippen molar-refractivity contribution in [2.75, 3.05) is 72.3 Å². The molecule has 14 heteroatoms. The summed E-state index contributed by atoms with van der Waals surface area (Å²) in [7, 11) is 4.29. The summed E-state index contributed by atoms with van der Waals surface area (Å²) >= 11 is 0. The number of para-hydroxylation sites is 1. The maximum absolute atomic E-state index is 15.5. The van der Waals surface area contributed by atoms with Crippen molar-refractivity contribution >= 4 is 34.5 Å². The number of carbonyl (C=O) groups is 3. The van der Waals surface area contributed by atoms with E-state index in [9.17, 15) is 19.8 Å². The number of aromatic nitrogens is 1. The molecule has 14 nitrogen and oxygen atoms in total. The molecule has 6 aliphatic rings. The summed E-state index contributed by atoms with van der Waals surface area (Å²) in [6.45, 7) is 13.0. The lowest BCUT2D eigenvalue weighted by atomic mass is 9.47. The lowest BCUT2D eigenvalue weighted by Crippen LogP contribution is -2.81. The number of hydrogen-bond acceptors (Lipinski definition) is 13. The van der Waals surface area contributed by atoms with Crippen LogP contribution < -0.4 is 9.64 Å². The van der Waals surface area contributed by atoms with Gasteiger partial charge in [-0.25, -0.2) is 4.79 Å². The maximum atomic E-state index is 15.5. The normalized spacial score (nSPS) is 35.1. The number of methoxy groups -OCH3 is 3. The van der Waals surface area contributed by atoms with Crippen LogP contribution in [-0.4, -0.2) is 140 Å². The summed E-state index contributed by atoms with van der Waals surface area (Å²) < 4.78 is 30.8. The molecule has 3 N–H and O–H groups in total. The highest BCUT2D eigenvalue weighted by Gasteiger charge is 2.81. The van der Waals surface area contributed by atoms with Crippen molar-refractivity contribution in [3.8, 4) is 5.75 Å². The highest BCUT2D eigenvalue weighted by Crippen LogP contribution is 2.68. The molecule has 1 saturated carbocycles. The minimum Gasteiger partial charge on any atom is -0.496 e. The molecule has 1 spiro atoms. The van der Waals surface area contributed by atoms with Gasteiger partial charge in [0, 0.05) is 83.9 Å². The van der Waals surface area contributed by atoms with E-state index in [-0.39, 0.29) is 24.6 Å². The van der Waals surface area contributed by atoms with E-state index in [1.807, 2.05) is 43.0 Å². The van der Waals surface area contributed by atoms with Crippen molar-refractivity contribution in [3.05, 3.63) is 70.9 Å². The monoisotopic (exact) mass is 882 g/mol. The first-order valence-electron chi connectivity index (χ1n) is 23.2. The molecule has 346 valence electrons. The van der Waals surface area contributed by atoms with Crippen molar-refractivity contribution in [2.24, 2.45) is 17.3 Å². The van der Waals surface area contributed by atoms with Crippen LogP contribution in [0.15, 0.2) is 48.6 Å². The number of hydrogen-bond donors (Lipinski definition) is 3. The summed E-state index contributed by atoms with van der Waals surface area (Å²) in [5.74, 6) is -1.50. The average Bonchev–Trinajstić information content (AvgIpc) is 3.95. The first-order chi connectivity index (χ1) is 30.6. The predicted molar refractivity (Wildman–Crippen MR) is 240 cm³/mol. The number of esters is 3. The van der Waals surface area contributed by atoms with Crippen LogP contribution in [0.25, 0.3) is 10.9 Å². The number of aromatic amines is 1. The fourth-order valence-electron chi connectivity index (χ4n) is 13.9. The third-order valence-corrected chi connectivity index (χ3v) is 16.1. The number of benzene rings is 2. The third kappa shape index (κ3) is 6.25. The van der Waals surface area contributed by atoms with Gasteiger partial charge in [0.15, 0.2) is 6.10 Å². The van der Waals surface area contributed by atoms with E-state index in [1.165, 1.54) is 21.1 Å². The Morgan fingerprint density at radius 3 is 2.41 bits per heavy atom. The lowest BCUT2D eigenvalue weighted by molar-refractivity contribution is -0.229. The summed E-state index contributed by atoms with van der Waals surface area (Å²) in [6.07, 6.45) is 5.75. The van der Waals surface area contributed by atoms with Crippen LogP contribution in [0, 0.1) is 17.3 Å². The van der Waals surface area contributed by atoms with Gasteiger partial charge in [0.1, 0.15) is 17.9 Å². The second kappa shape index (κ2) is 16.1. The highest BCUT2D eigenvalue weighted by atomic mass is 16.6. The quantitative estimate of drug-likeness (QED) is 0.134. The van der Waals surface area contributed by atoms with Crippen molar-refractivity contribution < 1.29 is 48.3 Å². The molecule has 3 aromatic rings. The lowest BCUT2D eigenvalue weighted by Gasteiger charge is -2.63. The van der Waals surface area contributed by atoms with Gasteiger partial charge in [0.05, 0.1) is 39.6 Å². The molecule has 10 atom stereocenters. The van der Waals surface area contributed by atoms with Gasteiger partial charge in [-0.2, -0.15) is 0 Å². The first kappa shape index (κ1) is 44.7. The van der Waals surface area contributed by atoms with E-state index in [0.29, 0.717) is 94.9 Å². The number of carbonyl (C=O) groups excluding carboxylic acids is 3. The molecule has 2 aromatic carbocycles. The van der Waals surface area contributed by atoms with Crippen LogP contribution in [0.4, 0.5) is 5.69 Å². The molecule has 2 saturated heterocycles. The van der Waals surface area contributed by atoms with Gasteiger partial charge < -0.3 is 43.8 Å². The molecule has 64 heavy (non-hydrogen) atoms. The zero-order chi connectivity index (χ0) is 45.6. The number of piperidine rings is 1. The Bertz CT molecular complexity index is 2360. The van der Waals surface area contributed by atoms with E-state index in [4.69, 9.17) is 23.7 Å². The van der Waals surface area contributed by atoms with Gasteiger partial charge in [-0.3, -0.25) is 19.4 Å². The Morgan fingerprint density at radius 1 is 0.953 bits per heavy atom. The van der Waals surface area contributed by atoms with Crippen molar-refractivity contribution in [1.82, 2.24) is 14.8 Å². The molecule has 1 aliphatic carbocycles. The molecule has 3 fully saturated rings. The van der Waals surface area contributed by atoms with E-state index in [0.717, 1.165) is 27.7 Å². The van der Waals surface area contributed by atoms with E-state index in [1.54, 1.807) is 7.11 Å². The minimum absolute atomic E-state index is 0.00427. The van der Waals surface area contributed by atoms with Gasteiger partial charge in [-0.1, -0.05) is 58.0 Å². The van der Waals surface area contributed by atoms with Crippen LogP contribution in [0.2, 0.25) is 0 Å². The Kier molecular flexibility index (Phi) is 11.3. The number of nitrogens with zero attached hydrogens (tertiary/aromatic N) is 3. The highest BCUT2D eigenvalue weighted by molar-refractivity contribution is 5.95. The molecular weight excluding hydrogens is 817 g/mol. The Morgan fingerprint density at radius 2 is 1.72 bits per heavy atom. The summed E-state index contributed by atoms with van der Waals surface area (Å²) in [4.78, 5) is 53.9. The van der Waals surface area contributed by atoms with Crippen molar-refractivity contribution in [2.45, 2.75) is 113 Å². The molecule has 1 aromatic heterocycles. The summed E-state index contributed by atoms with van der Waals surface area (Å²) in [5.41, 5.74) is -2.08. The molecular formula is C50H66N4O10.